The summed E-state index contributed by atoms with van der Waals surface area (Å²) in [6, 6.07) is 25.3. The second-order valence-corrected chi connectivity index (χ2v) is 7.85. The van der Waals surface area contributed by atoms with Gasteiger partial charge < -0.3 is 0 Å². The van der Waals surface area contributed by atoms with Crippen LogP contribution in [0.3, 0.4) is 0 Å². The molecule has 5 rings (SSSR count). The summed E-state index contributed by atoms with van der Waals surface area (Å²) in [5.74, 6) is 0. The average molecular weight is 470 g/mol. The fourth-order valence-electron chi connectivity index (χ4n) is 3.72. The maximum Gasteiger partial charge on any atom is 0.190 e. The number of thiazole rings is 1. The minimum Gasteiger partial charge on any atom is -0.285 e. The molecule has 0 bridgehead atoms. The van der Waals surface area contributed by atoms with E-state index in [1.54, 1.807) is 11.3 Å². The van der Waals surface area contributed by atoms with Crippen molar-refractivity contribution in [2.45, 2.75) is 6.92 Å². The Kier molecular flexibility index (Phi) is 5.28. The van der Waals surface area contributed by atoms with E-state index >= 15 is 0 Å². The summed E-state index contributed by atoms with van der Waals surface area (Å²) in [5, 5.41) is 5.81. The van der Waals surface area contributed by atoms with Crippen LogP contribution in [0.2, 0.25) is 5.02 Å². The van der Waals surface area contributed by atoms with Crippen LogP contribution in [0.4, 0.5) is 0 Å². The van der Waals surface area contributed by atoms with Crippen LogP contribution in [0.5, 0.6) is 0 Å². The van der Waals surface area contributed by atoms with Crippen molar-refractivity contribution in [2.75, 3.05) is 6.54 Å². The van der Waals surface area contributed by atoms with Gasteiger partial charge >= 0.3 is 0 Å². The number of aromatic nitrogens is 1. The second kappa shape index (κ2) is 7.70. The number of benzene rings is 4. The van der Waals surface area contributed by atoms with Gasteiger partial charge in [0.25, 0.3) is 0 Å². The first-order valence-corrected chi connectivity index (χ1v) is 10.2. The van der Waals surface area contributed by atoms with Gasteiger partial charge in [0.1, 0.15) is 0 Å². The van der Waals surface area contributed by atoms with Gasteiger partial charge in [-0.2, -0.15) is 0 Å². The number of fused-ring (bicyclic) bond motifs is 6. The molecule has 0 radical (unpaired) electrons. The van der Waals surface area contributed by atoms with Crippen LogP contribution in [-0.2, 0) is 0 Å². The third kappa shape index (κ3) is 2.96. The Hall–Kier alpha value is -2.14. The highest BCUT2D eigenvalue weighted by Crippen LogP contribution is 2.37. The summed E-state index contributed by atoms with van der Waals surface area (Å²) in [5.41, 5.74) is 2.29. The van der Waals surface area contributed by atoms with Gasteiger partial charge in [0.2, 0.25) is 0 Å². The maximum absolute atomic E-state index is 6.14. The molecule has 28 heavy (non-hydrogen) atoms. The Balaban J connectivity index is 0.00000192. The normalized spacial score (nSPS) is 12.0. The monoisotopic (exact) mass is 468 g/mol. The van der Waals surface area contributed by atoms with Crippen LogP contribution in [0.25, 0.3) is 37.4 Å². The lowest BCUT2D eigenvalue weighted by molar-refractivity contribution is 0.973. The molecule has 4 aromatic carbocycles. The van der Waals surface area contributed by atoms with Crippen molar-refractivity contribution in [3.05, 3.63) is 82.6 Å². The predicted molar refractivity (Wildman–Crippen MR) is 128 cm³/mol. The molecule has 0 saturated heterocycles. The number of nitrogens with zero attached hydrogens (tertiary/aromatic N) is 2. The second-order valence-electron chi connectivity index (χ2n) is 6.44. The fourth-order valence-corrected chi connectivity index (χ4v) is 5.09. The topological polar surface area (TPSA) is 17.3 Å². The largest absolute Gasteiger partial charge is 0.285 e. The van der Waals surface area contributed by atoms with Crippen LogP contribution in [0.15, 0.2) is 77.8 Å². The van der Waals surface area contributed by atoms with E-state index in [9.17, 15) is 0 Å². The van der Waals surface area contributed by atoms with Crippen LogP contribution < -0.4 is 4.80 Å². The molecule has 0 aliphatic rings. The smallest absolute Gasteiger partial charge is 0.190 e. The van der Waals surface area contributed by atoms with Gasteiger partial charge in [-0.05, 0) is 42.0 Å². The van der Waals surface area contributed by atoms with Gasteiger partial charge in [-0.1, -0.05) is 71.5 Å². The van der Waals surface area contributed by atoms with E-state index in [-0.39, 0.29) is 17.0 Å². The summed E-state index contributed by atoms with van der Waals surface area (Å²) >= 11 is 7.89. The van der Waals surface area contributed by atoms with Crippen LogP contribution >= 0.6 is 39.9 Å². The van der Waals surface area contributed by atoms with Gasteiger partial charge in [-0.25, -0.2) is 0 Å². The minimum atomic E-state index is 0. The van der Waals surface area contributed by atoms with Crippen molar-refractivity contribution >= 4 is 71.7 Å². The van der Waals surface area contributed by atoms with Gasteiger partial charge in [-0.3, -0.25) is 9.56 Å². The maximum atomic E-state index is 6.14. The first-order chi connectivity index (χ1) is 13.3. The number of hydrogen-bond acceptors (Lipinski definition) is 2. The molecule has 0 spiro atoms. The van der Waals surface area contributed by atoms with Crippen molar-refractivity contribution in [2.24, 2.45) is 4.99 Å². The van der Waals surface area contributed by atoms with Crippen LogP contribution in [0, 0.1) is 0 Å². The molecule has 0 N–H and O–H groups in total. The number of hydrogen-bond donors (Lipinski definition) is 0. The Labute approximate surface area is 182 Å². The molecule has 0 amide bonds. The molecular weight excluding hydrogens is 452 g/mol. The fraction of sp³-hybridized carbons (Fsp3) is 0.0870. The Morgan fingerprint density at radius 2 is 1.39 bits per heavy atom. The Bertz CT molecular complexity index is 1370. The van der Waals surface area contributed by atoms with Crippen molar-refractivity contribution in [3.63, 3.8) is 0 Å². The lowest BCUT2D eigenvalue weighted by atomic mass is 10.0. The van der Waals surface area contributed by atoms with Gasteiger partial charge in [-0.15, -0.1) is 17.0 Å². The van der Waals surface area contributed by atoms with E-state index in [1.165, 1.54) is 31.8 Å². The lowest BCUT2D eigenvalue weighted by Crippen LogP contribution is -2.13. The van der Waals surface area contributed by atoms with Crippen LogP contribution in [0.1, 0.15) is 6.92 Å². The summed E-state index contributed by atoms with van der Waals surface area (Å²) in [6.45, 7) is 2.82. The molecule has 140 valence electrons. The molecular formula is C23H18BrClN2S. The highest BCUT2D eigenvalue weighted by molar-refractivity contribution is 8.93. The highest BCUT2D eigenvalue weighted by Gasteiger charge is 2.15. The summed E-state index contributed by atoms with van der Waals surface area (Å²) in [6.07, 6.45) is 0. The molecule has 2 nitrogen and oxygen atoms in total. The van der Waals surface area contributed by atoms with E-state index < -0.39 is 0 Å². The average Bonchev–Trinajstić information content (AvgIpc) is 3.09. The van der Waals surface area contributed by atoms with E-state index in [2.05, 4.69) is 72.2 Å². The predicted octanol–water partition coefficient (Wildman–Crippen LogP) is 7.15. The van der Waals surface area contributed by atoms with Crippen molar-refractivity contribution in [1.29, 1.82) is 0 Å². The summed E-state index contributed by atoms with van der Waals surface area (Å²) < 4.78 is 3.54. The first-order valence-electron chi connectivity index (χ1n) is 8.99. The van der Waals surface area contributed by atoms with E-state index in [0.29, 0.717) is 0 Å². The lowest BCUT2D eigenvalue weighted by Gasteiger charge is -2.10. The summed E-state index contributed by atoms with van der Waals surface area (Å²) in [7, 11) is 0. The van der Waals surface area contributed by atoms with Gasteiger partial charge in [0.15, 0.2) is 4.80 Å². The third-order valence-corrected chi connectivity index (χ3v) is 6.21. The zero-order valence-corrected chi connectivity index (χ0v) is 18.5. The molecule has 5 heteroatoms. The minimum absolute atomic E-state index is 0. The molecule has 1 heterocycles. The Morgan fingerprint density at radius 3 is 2.04 bits per heavy atom. The van der Waals surface area contributed by atoms with Gasteiger partial charge in [0, 0.05) is 28.0 Å². The zero-order valence-electron chi connectivity index (χ0n) is 15.2. The zero-order chi connectivity index (χ0) is 18.4. The molecule has 0 saturated carbocycles. The van der Waals surface area contributed by atoms with E-state index in [1.807, 2.05) is 12.1 Å². The molecule has 0 atom stereocenters. The van der Waals surface area contributed by atoms with Crippen molar-refractivity contribution in [3.8, 4) is 5.69 Å². The molecule has 0 fully saturated rings. The van der Waals surface area contributed by atoms with E-state index in [4.69, 9.17) is 16.6 Å². The standard InChI is InChI=1S/C23H17ClN2S.BrH/c1-2-25-23-26(16-13-11-15(24)12-14-16)21-19-9-5-3-7-17(19)18-8-4-6-10-20(18)22(21)27-23;/h3-14H,2H2,1H3;1H. The van der Waals surface area contributed by atoms with Crippen LogP contribution in [-0.4, -0.2) is 11.1 Å². The van der Waals surface area contributed by atoms with Crippen molar-refractivity contribution in [1.82, 2.24) is 4.57 Å². The quantitative estimate of drug-likeness (QED) is 0.244. The van der Waals surface area contributed by atoms with Crippen molar-refractivity contribution < 1.29 is 0 Å². The van der Waals surface area contributed by atoms with E-state index in [0.717, 1.165) is 22.1 Å². The molecule has 0 aliphatic carbocycles. The molecule has 5 aromatic rings. The summed E-state index contributed by atoms with van der Waals surface area (Å²) in [4.78, 5) is 5.82. The molecule has 0 unspecified atom stereocenters. The highest BCUT2D eigenvalue weighted by atomic mass is 79.9. The SMILES string of the molecule is Br.CCN=c1sc2c3ccccc3c3ccccc3c2n1-c1ccc(Cl)cc1. The third-order valence-electron chi connectivity index (χ3n) is 4.85. The number of halogens is 2. The Morgan fingerprint density at radius 1 is 0.821 bits per heavy atom. The molecule has 0 aliphatic heterocycles. The number of rotatable bonds is 2. The first kappa shape index (κ1) is 19.2. The van der Waals surface area contributed by atoms with Gasteiger partial charge in [0.05, 0.1) is 10.2 Å². The molecule has 1 aromatic heterocycles.